The quantitative estimate of drug-likeness (QED) is 0.737. The molecule has 0 bridgehead atoms. The molecule has 1 amide bonds. The maximum Gasteiger partial charge on any atom is 0.246 e. The van der Waals surface area contributed by atoms with Crippen molar-refractivity contribution in [3.05, 3.63) is 77.9 Å². The van der Waals surface area contributed by atoms with Gasteiger partial charge in [-0.15, -0.1) is 0 Å². The van der Waals surface area contributed by atoms with Crippen LogP contribution in [0.4, 0.5) is 0 Å². The summed E-state index contributed by atoms with van der Waals surface area (Å²) in [6.07, 6.45) is 7.86. The molecule has 0 aliphatic carbocycles. The molecule has 27 heavy (non-hydrogen) atoms. The Morgan fingerprint density at radius 1 is 0.926 bits per heavy atom. The van der Waals surface area contributed by atoms with Gasteiger partial charge in [-0.2, -0.15) is 0 Å². The summed E-state index contributed by atoms with van der Waals surface area (Å²) < 4.78 is 5.14. The van der Waals surface area contributed by atoms with Gasteiger partial charge in [0.1, 0.15) is 5.75 Å². The van der Waals surface area contributed by atoms with E-state index < -0.39 is 0 Å². The summed E-state index contributed by atoms with van der Waals surface area (Å²) >= 11 is 0. The number of hydrogen-bond acceptors (Lipinski definition) is 3. The molecule has 3 rings (SSSR count). The van der Waals surface area contributed by atoms with Crippen LogP contribution in [0.2, 0.25) is 0 Å². The van der Waals surface area contributed by atoms with Gasteiger partial charge in [-0.1, -0.05) is 54.6 Å². The third-order valence-corrected chi connectivity index (χ3v) is 4.69. The molecule has 0 saturated carbocycles. The predicted molar refractivity (Wildman–Crippen MR) is 111 cm³/mol. The maximum absolute atomic E-state index is 12.4. The Hall–Kier alpha value is -2.85. The van der Waals surface area contributed by atoms with Gasteiger partial charge < -0.3 is 9.64 Å². The number of benzene rings is 2. The lowest BCUT2D eigenvalue weighted by molar-refractivity contribution is -0.127. The highest BCUT2D eigenvalue weighted by molar-refractivity contribution is 5.91. The zero-order valence-corrected chi connectivity index (χ0v) is 15.8. The first-order valence-corrected chi connectivity index (χ1v) is 9.29. The summed E-state index contributed by atoms with van der Waals surface area (Å²) in [4.78, 5) is 16.7. The van der Waals surface area contributed by atoms with Gasteiger partial charge in [-0.3, -0.25) is 9.69 Å². The van der Waals surface area contributed by atoms with Gasteiger partial charge in [0.15, 0.2) is 0 Å². The minimum absolute atomic E-state index is 0.0743. The fourth-order valence-electron chi connectivity index (χ4n) is 3.04. The number of amides is 1. The van der Waals surface area contributed by atoms with Crippen LogP contribution in [0.3, 0.4) is 0 Å². The molecule has 4 nitrogen and oxygen atoms in total. The molecule has 1 heterocycles. The average molecular weight is 362 g/mol. The van der Waals surface area contributed by atoms with Crippen molar-refractivity contribution in [1.82, 2.24) is 9.80 Å². The van der Waals surface area contributed by atoms with Gasteiger partial charge in [-0.05, 0) is 29.3 Å². The van der Waals surface area contributed by atoms with Crippen LogP contribution in [0.15, 0.2) is 66.7 Å². The predicted octanol–water partition coefficient (Wildman–Crippen LogP) is 3.57. The van der Waals surface area contributed by atoms with E-state index in [0.717, 1.165) is 44.0 Å². The van der Waals surface area contributed by atoms with E-state index in [9.17, 15) is 4.79 Å². The first-order chi connectivity index (χ1) is 13.2. The van der Waals surface area contributed by atoms with Crippen molar-refractivity contribution in [1.29, 1.82) is 0 Å². The number of piperazine rings is 1. The molecule has 0 atom stereocenters. The number of hydrogen-bond donors (Lipinski definition) is 0. The van der Waals surface area contributed by atoms with Crippen molar-refractivity contribution in [2.45, 2.75) is 0 Å². The fraction of sp³-hybridized carbons (Fsp3) is 0.261. The summed E-state index contributed by atoms with van der Waals surface area (Å²) in [5, 5.41) is 0. The molecule has 0 spiro atoms. The minimum atomic E-state index is 0.0743. The van der Waals surface area contributed by atoms with E-state index in [2.05, 4.69) is 29.2 Å². The number of ether oxygens (including phenoxy) is 1. The maximum atomic E-state index is 12.4. The Kier molecular flexibility index (Phi) is 6.83. The molecular formula is C23H26N2O2. The molecule has 2 aromatic rings. The third-order valence-electron chi connectivity index (χ3n) is 4.69. The highest BCUT2D eigenvalue weighted by atomic mass is 16.5. The van der Waals surface area contributed by atoms with Crippen LogP contribution in [0, 0.1) is 0 Å². The first kappa shape index (κ1) is 18.9. The summed E-state index contributed by atoms with van der Waals surface area (Å²) in [6, 6.07) is 18.0. The lowest BCUT2D eigenvalue weighted by atomic mass is 10.2. The molecular weight excluding hydrogens is 336 g/mol. The Morgan fingerprint density at radius 2 is 1.59 bits per heavy atom. The van der Waals surface area contributed by atoms with Crippen LogP contribution in [0.25, 0.3) is 12.2 Å². The highest BCUT2D eigenvalue weighted by Gasteiger charge is 2.18. The number of carbonyl (C=O) groups excluding carboxylic acids is 1. The molecule has 0 aromatic heterocycles. The molecule has 0 N–H and O–H groups in total. The van der Waals surface area contributed by atoms with Gasteiger partial charge in [0, 0.05) is 38.8 Å². The van der Waals surface area contributed by atoms with Crippen LogP contribution < -0.4 is 4.74 Å². The zero-order valence-electron chi connectivity index (χ0n) is 15.8. The van der Waals surface area contributed by atoms with Crippen LogP contribution in [0.1, 0.15) is 11.1 Å². The average Bonchev–Trinajstić information content (AvgIpc) is 2.73. The van der Waals surface area contributed by atoms with Gasteiger partial charge >= 0.3 is 0 Å². The summed E-state index contributed by atoms with van der Waals surface area (Å²) in [5.41, 5.74) is 2.21. The van der Waals surface area contributed by atoms with Crippen molar-refractivity contribution in [3.8, 4) is 5.75 Å². The van der Waals surface area contributed by atoms with E-state index in [4.69, 9.17) is 4.74 Å². The minimum Gasteiger partial charge on any atom is -0.497 e. The standard InChI is InChI=1S/C23H26N2O2/c1-27-22-12-9-21(10-13-22)11-14-23(26)25-18-16-24(17-19-25)15-5-8-20-6-3-2-4-7-20/h2-14H,15-19H2,1H3. The fourth-order valence-corrected chi connectivity index (χ4v) is 3.04. The van der Waals surface area contributed by atoms with Crippen LogP contribution >= 0.6 is 0 Å². The van der Waals surface area contributed by atoms with E-state index in [1.807, 2.05) is 53.4 Å². The van der Waals surface area contributed by atoms with E-state index in [-0.39, 0.29) is 5.91 Å². The van der Waals surface area contributed by atoms with Crippen molar-refractivity contribution >= 4 is 18.1 Å². The molecule has 1 saturated heterocycles. The van der Waals surface area contributed by atoms with Crippen LogP contribution in [0.5, 0.6) is 5.75 Å². The van der Waals surface area contributed by atoms with Crippen LogP contribution in [-0.4, -0.2) is 55.5 Å². The zero-order chi connectivity index (χ0) is 18.9. The van der Waals surface area contributed by atoms with Gasteiger partial charge in [-0.25, -0.2) is 0 Å². The molecule has 1 aliphatic heterocycles. The van der Waals surface area contributed by atoms with E-state index in [1.165, 1.54) is 5.56 Å². The molecule has 0 unspecified atom stereocenters. The smallest absolute Gasteiger partial charge is 0.246 e. The SMILES string of the molecule is COc1ccc(C=CC(=O)N2CCN(CC=Cc3ccccc3)CC2)cc1. The van der Waals surface area contributed by atoms with Crippen molar-refractivity contribution in [3.63, 3.8) is 0 Å². The molecule has 140 valence electrons. The largest absolute Gasteiger partial charge is 0.497 e. The number of carbonyl (C=O) groups is 1. The molecule has 0 radical (unpaired) electrons. The second-order valence-corrected chi connectivity index (χ2v) is 6.55. The van der Waals surface area contributed by atoms with Crippen molar-refractivity contribution in [2.24, 2.45) is 0 Å². The number of rotatable bonds is 6. The monoisotopic (exact) mass is 362 g/mol. The number of methoxy groups -OCH3 is 1. The van der Waals surface area contributed by atoms with Gasteiger partial charge in [0.05, 0.1) is 7.11 Å². The lowest BCUT2D eigenvalue weighted by Gasteiger charge is -2.33. The Bertz CT molecular complexity index is 774. The second kappa shape index (κ2) is 9.74. The second-order valence-electron chi connectivity index (χ2n) is 6.55. The molecule has 1 fully saturated rings. The summed E-state index contributed by atoms with van der Waals surface area (Å²) in [6.45, 7) is 4.26. The van der Waals surface area contributed by atoms with Crippen molar-refractivity contribution in [2.75, 3.05) is 39.8 Å². The summed E-state index contributed by atoms with van der Waals surface area (Å²) in [5.74, 6) is 0.890. The van der Waals surface area contributed by atoms with Gasteiger partial charge in [0.2, 0.25) is 5.91 Å². The van der Waals surface area contributed by atoms with Crippen molar-refractivity contribution < 1.29 is 9.53 Å². The molecule has 1 aliphatic rings. The topological polar surface area (TPSA) is 32.8 Å². The van der Waals surface area contributed by atoms with E-state index in [0.29, 0.717) is 0 Å². The molecule has 2 aromatic carbocycles. The normalized spacial score (nSPS) is 15.5. The number of nitrogens with zero attached hydrogens (tertiary/aromatic N) is 2. The highest BCUT2D eigenvalue weighted by Crippen LogP contribution is 2.13. The third kappa shape index (κ3) is 5.83. The lowest BCUT2D eigenvalue weighted by Crippen LogP contribution is -2.48. The summed E-state index contributed by atoms with van der Waals surface area (Å²) in [7, 11) is 1.64. The Labute approximate surface area is 161 Å². The van der Waals surface area contributed by atoms with Gasteiger partial charge in [0.25, 0.3) is 0 Å². The Morgan fingerprint density at radius 3 is 2.26 bits per heavy atom. The van der Waals surface area contributed by atoms with E-state index in [1.54, 1.807) is 13.2 Å². The van der Waals surface area contributed by atoms with E-state index >= 15 is 0 Å². The van der Waals surface area contributed by atoms with Crippen LogP contribution in [-0.2, 0) is 4.79 Å². The first-order valence-electron chi connectivity index (χ1n) is 9.29. The molecule has 4 heteroatoms. The Balaban J connectivity index is 1.43.